The first-order chi connectivity index (χ1) is 14.6. The Morgan fingerprint density at radius 3 is 2.29 bits per heavy atom. The lowest BCUT2D eigenvalue weighted by molar-refractivity contribution is -0.138. The number of aliphatic hydroxyl groups is 1. The minimum atomic E-state index is -1.40. The molecule has 1 aromatic rings. The van der Waals surface area contributed by atoms with E-state index in [2.05, 4.69) is 10.6 Å². The van der Waals surface area contributed by atoms with Crippen LogP contribution >= 0.6 is 0 Å². The molecule has 0 spiro atoms. The lowest BCUT2D eigenvalue weighted by Crippen LogP contribution is -2.56. The number of carbonyl (C=O) groups is 5. The molecule has 1 aromatic carbocycles. The van der Waals surface area contributed by atoms with Crippen molar-refractivity contribution in [2.45, 2.75) is 19.0 Å². The van der Waals surface area contributed by atoms with Gasteiger partial charge in [0.15, 0.2) is 0 Å². The van der Waals surface area contributed by atoms with Crippen molar-refractivity contribution < 1.29 is 34.2 Å². The Hall–Kier alpha value is -3.91. The summed E-state index contributed by atoms with van der Waals surface area (Å²) in [5.41, 5.74) is 7.80. The third kappa shape index (κ3) is 9.42. The monoisotopic (exact) mass is 439 g/mol. The maximum absolute atomic E-state index is 12.1. The summed E-state index contributed by atoms with van der Waals surface area (Å²) in [6, 6.07) is 5.47. The van der Waals surface area contributed by atoms with E-state index in [4.69, 9.17) is 16.7 Å². The van der Waals surface area contributed by atoms with E-state index in [0.29, 0.717) is 5.01 Å². The average Bonchev–Trinajstić information content (AvgIpc) is 2.73. The van der Waals surface area contributed by atoms with Crippen LogP contribution in [0.5, 0.6) is 0 Å². The molecule has 9 N–H and O–H groups in total. The van der Waals surface area contributed by atoms with E-state index < -0.39 is 55.5 Å². The van der Waals surface area contributed by atoms with E-state index in [9.17, 15) is 29.1 Å². The van der Waals surface area contributed by atoms with E-state index in [1.165, 1.54) is 0 Å². The highest BCUT2D eigenvalue weighted by Crippen LogP contribution is 2.01. The van der Waals surface area contributed by atoms with Crippen molar-refractivity contribution in [3.05, 3.63) is 35.9 Å². The number of urea groups is 2. The number of hydrogen-bond donors (Lipinski definition) is 7. The van der Waals surface area contributed by atoms with Crippen LogP contribution in [0.4, 0.5) is 9.59 Å². The minimum absolute atomic E-state index is 0.0497. The number of amides is 6. The summed E-state index contributed by atoms with van der Waals surface area (Å²) in [6.45, 7) is -1.75. The van der Waals surface area contributed by atoms with E-state index in [1.807, 2.05) is 5.43 Å². The zero-order chi connectivity index (χ0) is 23.4. The second-order valence-electron chi connectivity index (χ2n) is 6.18. The molecule has 14 heteroatoms. The van der Waals surface area contributed by atoms with Crippen LogP contribution in [-0.2, 0) is 20.9 Å². The number of hydrogen-bond acceptors (Lipinski definition) is 7. The van der Waals surface area contributed by atoms with Crippen molar-refractivity contribution in [3.63, 3.8) is 0 Å². The molecule has 14 nitrogen and oxygen atoms in total. The van der Waals surface area contributed by atoms with Gasteiger partial charge in [0.25, 0.3) is 5.91 Å². The molecular formula is C17H25N7O7. The number of carboxylic acid groups (broad SMARTS) is 1. The highest BCUT2D eigenvalue weighted by Gasteiger charge is 2.23. The fourth-order valence-corrected chi connectivity index (χ4v) is 2.19. The summed E-state index contributed by atoms with van der Waals surface area (Å²) in [5.74, 6) is 2.67. The van der Waals surface area contributed by atoms with Gasteiger partial charge in [0, 0.05) is 0 Å². The SMILES string of the molecule is NC(=O)N(CCC(=O)O)NC(=O)CNC(=O)C(CO)NC(=O)N(N)Cc1ccccc1. The Balaban J connectivity index is 2.52. The van der Waals surface area contributed by atoms with Crippen molar-refractivity contribution in [2.24, 2.45) is 11.6 Å². The van der Waals surface area contributed by atoms with Crippen LogP contribution in [0.2, 0.25) is 0 Å². The van der Waals surface area contributed by atoms with Gasteiger partial charge in [-0.2, -0.15) is 0 Å². The number of carboxylic acids is 1. The second-order valence-corrected chi connectivity index (χ2v) is 6.18. The fourth-order valence-electron chi connectivity index (χ4n) is 2.19. The van der Waals surface area contributed by atoms with E-state index in [-0.39, 0.29) is 13.1 Å². The Kier molecular flexibility index (Phi) is 10.2. The summed E-state index contributed by atoms with van der Waals surface area (Å²) in [6.07, 6.45) is -0.466. The average molecular weight is 439 g/mol. The molecule has 0 saturated heterocycles. The predicted molar refractivity (Wildman–Crippen MR) is 105 cm³/mol. The number of nitrogens with zero attached hydrogens (tertiary/aromatic N) is 2. The van der Waals surface area contributed by atoms with E-state index in [0.717, 1.165) is 10.6 Å². The van der Waals surface area contributed by atoms with Crippen LogP contribution in [0.25, 0.3) is 0 Å². The molecule has 1 rings (SSSR count). The van der Waals surface area contributed by atoms with Crippen molar-refractivity contribution in [1.29, 1.82) is 0 Å². The molecule has 0 saturated carbocycles. The van der Waals surface area contributed by atoms with Crippen LogP contribution in [0.1, 0.15) is 12.0 Å². The van der Waals surface area contributed by atoms with E-state index in [1.54, 1.807) is 30.3 Å². The molecule has 0 aliphatic rings. The van der Waals surface area contributed by atoms with Crippen LogP contribution in [0.3, 0.4) is 0 Å². The predicted octanol–water partition coefficient (Wildman–Crippen LogP) is -2.56. The molecule has 0 radical (unpaired) electrons. The molecule has 0 aliphatic carbocycles. The van der Waals surface area contributed by atoms with Crippen LogP contribution in [0.15, 0.2) is 30.3 Å². The highest BCUT2D eigenvalue weighted by molar-refractivity contribution is 5.90. The van der Waals surface area contributed by atoms with Crippen molar-refractivity contribution in [1.82, 2.24) is 26.1 Å². The molecule has 0 bridgehead atoms. The number of aliphatic carboxylic acids is 1. The number of benzene rings is 1. The first-order valence-electron chi connectivity index (χ1n) is 8.97. The fraction of sp³-hybridized carbons (Fsp3) is 0.353. The van der Waals surface area contributed by atoms with Gasteiger partial charge < -0.3 is 26.6 Å². The molecule has 6 amide bonds. The quantitative estimate of drug-likeness (QED) is 0.116. The first-order valence-corrected chi connectivity index (χ1v) is 8.97. The Bertz CT molecular complexity index is 790. The molecule has 1 unspecified atom stereocenters. The van der Waals surface area contributed by atoms with E-state index >= 15 is 0 Å². The van der Waals surface area contributed by atoms with Crippen molar-refractivity contribution in [2.75, 3.05) is 19.7 Å². The smallest absolute Gasteiger partial charge is 0.333 e. The Morgan fingerprint density at radius 2 is 1.74 bits per heavy atom. The standard InChI is InChI=1S/C17H25N7O7/c18-16(30)24(7-6-14(27)28)22-13(26)8-20-15(29)12(10-25)21-17(31)23(19)9-11-4-2-1-3-5-11/h1-5,12,25H,6-10,19H2,(H2,18,30)(H,20,29)(H,21,31)(H,22,26)(H,27,28). The van der Waals surface area contributed by atoms with Gasteiger partial charge >= 0.3 is 18.0 Å². The van der Waals surface area contributed by atoms with Gasteiger partial charge in [-0.05, 0) is 5.56 Å². The molecule has 0 heterocycles. The van der Waals surface area contributed by atoms with Crippen molar-refractivity contribution in [3.8, 4) is 0 Å². The van der Waals surface area contributed by atoms with Crippen LogP contribution in [0, 0.1) is 0 Å². The highest BCUT2D eigenvalue weighted by atomic mass is 16.4. The summed E-state index contributed by atoms with van der Waals surface area (Å²) >= 11 is 0. The number of hydrazine groups is 2. The number of nitrogens with one attached hydrogen (secondary N) is 3. The van der Waals surface area contributed by atoms with Gasteiger partial charge in [0.1, 0.15) is 6.04 Å². The lowest BCUT2D eigenvalue weighted by Gasteiger charge is -2.22. The Labute approximate surface area is 177 Å². The molecule has 170 valence electrons. The molecule has 0 fully saturated rings. The zero-order valence-electron chi connectivity index (χ0n) is 16.5. The molecule has 1 atom stereocenters. The maximum atomic E-state index is 12.1. The van der Waals surface area contributed by atoms with Crippen LogP contribution < -0.4 is 27.6 Å². The summed E-state index contributed by atoms with van der Waals surface area (Å²) in [7, 11) is 0. The van der Waals surface area contributed by atoms with Gasteiger partial charge in [0.05, 0.1) is 32.7 Å². The normalized spacial score (nSPS) is 11.0. The molecule has 0 aromatic heterocycles. The number of primary amides is 1. The van der Waals surface area contributed by atoms with Gasteiger partial charge in [-0.15, -0.1) is 0 Å². The van der Waals surface area contributed by atoms with Gasteiger partial charge in [-0.3, -0.25) is 24.8 Å². The summed E-state index contributed by atoms with van der Waals surface area (Å²) < 4.78 is 0. The molecule has 0 aliphatic heterocycles. The summed E-state index contributed by atoms with van der Waals surface area (Å²) in [5, 5.41) is 23.7. The number of nitrogens with two attached hydrogens (primary N) is 2. The number of aliphatic hydroxyl groups excluding tert-OH is 1. The zero-order valence-corrected chi connectivity index (χ0v) is 16.5. The molecule has 31 heavy (non-hydrogen) atoms. The van der Waals surface area contributed by atoms with Gasteiger partial charge in [-0.25, -0.2) is 20.4 Å². The minimum Gasteiger partial charge on any atom is -0.481 e. The van der Waals surface area contributed by atoms with Crippen molar-refractivity contribution >= 4 is 29.8 Å². The number of carbonyl (C=O) groups excluding carboxylic acids is 4. The van der Waals surface area contributed by atoms with Crippen LogP contribution in [-0.4, -0.2) is 75.8 Å². The first kappa shape index (κ1) is 25.1. The second kappa shape index (κ2) is 12.6. The van der Waals surface area contributed by atoms with Gasteiger partial charge in [-0.1, -0.05) is 30.3 Å². The third-order valence-electron chi connectivity index (χ3n) is 3.75. The molecular weight excluding hydrogens is 414 g/mol. The number of rotatable bonds is 10. The lowest BCUT2D eigenvalue weighted by atomic mass is 10.2. The van der Waals surface area contributed by atoms with Gasteiger partial charge in [0.2, 0.25) is 5.91 Å². The Morgan fingerprint density at radius 1 is 1.10 bits per heavy atom. The third-order valence-corrected chi connectivity index (χ3v) is 3.75. The summed E-state index contributed by atoms with van der Waals surface area (Å²) in [4.78, 5) is 57.9. The largest absolute Gasteiger partial charge is 0.481 e. The topological polar surface area (TPSA) is 220 Å². The maximum Gasteiger partial charge on any atom is 0.333 e.